The van der Waals surface area contributed by atoms with Crippen LogP contribution in [0.15, 0.2) is 30.9 Å². The van der Waals surface area contributed by atoms with Crippen LogP contribution in [0.1, 0.15) is 10.4 Å². The predicted octanol–water partition coefficient (Wildman–Crippen LogP) is 0.499. The molecule has 0 atom stereocenters. The minimum absolute atomic E-state index is 0.0156. The molecule has 2 rings (SSSR count). The van der Waals surface area contributed by atoms with Gasteiger partial charge >= 0.3 is 0 Å². The Balaban J connectivity index is 2.10. The molecule has 0 unspecified atom stereocenters. The number of hydrogen-bond donors (Lipinski definition) is 0. The highest BCUT2D eigenvalue weighted by atomic mass is 16.1. The van der Waals surface area contributed by atoms with Crippen molar-refractivity contribution in [2.75, 3.05) is 0 Å². The summed E-state index contributed by atoms with van der Waals surface area (Å²) in [4.78, 5) is 11.6. The van der Waals surface area contributed by atoms with Gasteiger partial charge in [0.15, 0.2) is 5.78 Å². The normalized spacial score (nSPS) is 10.4. The third-order valence-electron chi connectivity index (χ3n) is 1.89. The van der Waals surface area contributed by atoms with E-state index in [1.165, 1.54) is 0 Å². The highest BCUT2D eigenvalue weighted by molar-refractivity contribution is 5.95. The fourth-order valence-corrected chi connectivity index (χ4v) is 1.20. The van der Waals surface area contributed by atoms with Gasteiger partial charge in [-0.3, -0.25) is 14.2 Å². The van der Waals surface area contributed by atoms with E-state index in [1.54, 1.807) is 47.3 Å². The third-order valence-corrected chi connectivity index (χ3v) is 1.89. The Labute approximate surface area is 81.0 Å². The van der Waals surface area contributed by atoms with E-state index in [4.69, 9.17) is 0 Å². The monoisotopic (exact) mass is 190 g/mol. The first-order valence-electron chi connectivity index (χ1n) is 4.25. The molecule has 0 fully saturated rings. The van der Waals surface area contributed by atoms with Crippen LogP contribution < -0.4 is 0 Å². The molecular weight excluding hydrogens is 180 g/mol. The van der Waals surface area contributed by atoms with E-state index < -0.39 is 0 Å². The first-order chi connectivity index (χ1) is 6.75. The minimum atomic E-state index is 0.0156. The smallest absolute Gasteiger partial charge is 0.187 e. The fourth-order valence-electron chi connectivity index (χ4n) is 1.20. The van der Waals surface area contributed by atoms with Gasteiger partial charge in [0.05, 0.1) is 11.8 Å². The average Bonchev–Trinajstić information content (AvgIpc) is 2.75. The molecule has 0 aliphatic heterocycles. The summed E-state index contributed by atoms with van der Waals surface area (Å²) in [7, 11) is 1.78. The Morgan fingerprint density at radius 3 is 2.93 bits per heavy atom. The topological polar surface area (TPSA) is 52.7 Å². The van der Waals surface area contributed by atoms with E-state index in [0.717, 1.165) is 0 Å². The van der Waals surface area contributed by atoms with E-state index in [9.17, 15) is 4.79 Å². The molecule has 0 amide bonds. The van der Waals surface area contributed by atoms with Crippen molar-refractivity contribution in [3.8, 4) is 0 Å². The second kappa shape index (κ2) is 3.45. The van der Waals surface area contributed by atoms with Crippen LogP contribution in [-0.2, 0) is 13.6 Å². The van der Waals surface area contributed by atoms with Crippen molar-refractivity contribution in [3.05, 3.63) is 36.4 Å². The quantitative estimate of drug-likeness (QED) is 0.662. The molecule has 2 aromatic heterocycles. The summed E-state index contributed by atoms with van der Waals surface area (Å²) in [5.74, 6) is 0.0156. The zero-order valence-electron chi connectivity index (χ0n) is 7.79. The largest absolute Gasteiger partial charge is 0.292 e. The Morgan fingerprint density at radius 2 is 2.36 bits per heavy atom. The van der Waals surface area contributed by atoms with Crippen LogP contribution in [0.25, 0.3) is 0 Å². The molecule has 72 valence electrons. The lowest BCUT2D eigenvalue weighted by Crippen LogP contribution is -2.09. The molecule has 2 aromatic rings. The van der Waals surface area contributed by atoms with Crippen LogP contribution in [0.5, 0.6) is 0 Å². The number of carbonyl (C=O) groups is 1. The molecule has 0 spiro atoms. The van der Waals surface area contributed by atoms with Crippen molar-refractivity contribution in [1.82, 2.24) is 19.6 Å². The van der Waals surface area contributed by atoms with Gasteiger partial charge in [-0.05, 0) is 6.07 Å². The Hall–Kier alpha value is -1.91. The zero-order valence-corrected chi connectivity index (χ0v) is 7.79. The lowest BCUT2D eigenvalue weighted by atomic mass is 10.2. The maximum absolute atomic E-state index is 11.6. The lowest BCUT2D eigenvalue weighted by molar-refractivity contribution is 0.0967. The number of carbonyl (C=O) groups excluding carboxylic acids is 1. The molecule has 14 heavy (non-hydrogen) atoms. The van der Waals surface area contributed by atoms with Crippen LogP contribution in [-0.4, -0.2) is 25.3 Å². The number of aromatic nitrogens is 4. The number of hydrogen-bond acceptors (Lipinski definition) is 3. The zero-order chi connectivity index (χ0) is 9.97. The van der Waals surface area contributed by atoms with Crippen molar-refractivity contribution >= 4 is 5.78 Å². The average molecular weight is 190 g/mol. The maximum atomic E-state index is 11.6. The molecule has 0 aliphatic carbocycles. The van der Waals surface area contributed by atoms with Crippen molar-refractivity contribution in [2.24, 2.45) is 7.05 Å². The van der Waals surface area contributed by atoms with Crippen LogP contribution in [0.4, 0.5) is 0 Å². The van der Waals surface area contributed by atoms with Crippen molar-refractivity contribution in [2.45, 2.75) is 6.54 Å². The predicted molar refractivity (Wildman–Crippen MR) is 49.8 cm³/mol. The highest BCUT2D eigenvalue weighted by Gasteiger charge is 2.08. The van der Waals surface area contributed by atoms with Gasteiger partial charge in [-0.15, -0.1) is 0 Å². The molecule has 0 N–H and O–H groups in total. The van der Waals surface area contributed by atoms with Crippen molar-refractivity contribution in [3.63, 3.8) is 0 Å². The van der Waals surface area contributed by atoms with E-state index in [0.29, 0.717) is 5.56 Å². The second-order valence-electron chi connectivity index (χ2n) is 3.03. The first kappa shape index (κ1) is 8.68. The first-order valence-corrected chi connectivity index (χ1v) is 4.25. The molecule has 5 heteroatoms. The lowest BCUT2D eigenvalue weighted by Gasteiger charge is -1.97. The van der Waals surface area contributed by atoms with Crippen LogP contribution >= 0.6 is 0 Å². The van der Waals surface area contributed by atoms with Crippen LogP contribution in [0.3, 0.4) is 0 Å². The van der Waals surface area contributed by atoms with Gasteiger partial charge in [-0.25, -0.2) is 0 Å². The van der Waals surface area contributed by atoms with Gasteiger partial charge in [-0.2, -0.15) is 10.2 Å². The number of Topliss-reactive ketones (excluding diaryl/α,β-unsaturated/α-hetero) is 1. The number of aryl methyl sites for hydroxylation is 1. The molecule has 5 nitrogen and oxygen atoms in total. The fraction of sp³-hybridized carbons (Fsp3) is 0.222. The summed E-state index contributed by atoms with van der Waals surface area (Å²) in [5, 5.41) is 7.89. The van der Waals surface area contributed by atoms with Crippen molar-refractivity contribution < 1.29 is 4.79 Å². The van der Waals surface area contributed by atoms with E-state index >= 15 is 0 Å². The summed E-state index contributed by atoms with van der Waals surface area (Å²) >= 11 is 0. The van der Waals surface area contributed by atoms with E-state index in [2.05, 4.69) is 10.2 Å². The Bertz CT molecular complexity index is 429. The summed E-state index contributed by atoms with van der Waals surface area (Å²) in [6.07, 6.45) is 6.67. The van der Waals surface area contributed by atoms with Gasteiger partial charge in [-0.1, -0.05) is 0 Å². The molecule has 2 heterocycles. The number of ketones is 1. The summed E-state index contributed by atoms with van der Waals surface area (Å²) in [5.41, 5.74) is 0.614. The van der Waals surface area contributed by atoms with Gasteiger partial charge < -0.3 is 0 Å². The molecule has 0 aliphatic rings. The Morgan fingerprint density at radius 1 is 1.50 bits per heavy atom. The minimum Gasteiger partial charge on any atom is -0.292 e. The number of rotatable bonds is 3. The molecule has 0 saturated carbocycles. The van der Waals surface area contributed by atoms with Crippen LogP contribution in [0, 0.1) is 0 Å². The molecular formula is C9H10N4O. The number of nitrogens with zero attached hydrogens (tertiary/aromatic N) is 4. The maximum Gasteiger partial charge on any atom is 0.187 e. The van der Waals surface area contributed by atoms with Gasteiger partial charge in [0.2, 0.25) is 0 Å². The van der Waals surface area contributed by atoms with Gasteiger partial charge in [0, 0.05) is 25.6 Å². The van der Waals surface area contributed by atoms with E-state index in [1.807, 2.05) is 0 Å². The van der Waals surface area contributed by atoms with Crippen LogP contribution in [0.2, 0.25) is 0 Å². The standard InChI is InChI=1S/C9H10N4O/c1-12-6-8(5-11-12)9(14)7-13-4-2-3-10-13/h2-6H,7H2,1H3. The summed E-state index contributed by atoms with van der Waals surface area (Å²) < 4.78 is 3.20. The summed E-state index contributed by atoms with van der Waals surface area (Å²) in [6, 6.07) is 1.79. The third kappa shape index (κ3) is 1.71. The molecule has 0 aromatic carbocycles. The molecule has 0 bridgehead atoms. The van der Waals surface area contributed by atoms with Gasteiger partial charge in [0.25, 0.3) is 0 Å². The van der Waals surface area contributed by atoms with E-state index in [-0.39, 0.29) is 12.3 Å². The van der Waals surface area contributed by atoms with Crippen molar-refractivity contribution in [1.29, 1.82) is 0 Å². The molecule has 0 radical (unpaired) electrons. The highest BCUT2D eigenvalue weighted by Crippen LogP contribution is 1.99. The Kier molecular flexibility index (Phi) is 2.14. The SMILES string of the molecule is Cn1cc(C(=O)Cn2cccn2)cn1. The van der Waals surface area contributed by atoms with Gasteiger partial charge in [0.1, 0.15) is 6.54 Å². The molecule has 0 saturated heterocycles. The summed E-state index contributed by atoms with van der Waals surface area (Å²) in [6.45, 7) is 0.263. The second-order valence-corrected chi connectivity index (χ2v) is 3.03.